The first-order chi connectivity index (χ1) is 10.2. The maximum absolute atomic E-state index is 5.99. The van der Waals surface area contributed by atoms with Crippen LogP contribution >= 0.6 is 0 Å². The second-order valence-electron chi connectivity index (χ2n) is 5.81. The molecule has 0 radical (unpaired) electrons. The van der Waals surface area contributed by atoms with E-state index in [0.717, 1.165) is 18.7 Å². The van der Waals surface area contributed by atoms with E-state index in [2.05, 4.69) is 35.5 Å². The topological polar surface area (TPSA) is 39.1 Å². The van der Waals surface area contributed by atoms with E-state index in [9.17, 15) is 0 Å². The Hall–Kier alpha value is -1.81. The van der Waals surface area contributed by atoms with Gasteiger partial charge in [-0.1, -0.05) is 17.7 Å². The minimum atomic E-state index is 0.680. The smallest absolute Gasteiger partial charge is 0.123 e. The van der Waals surface area contributed by atoms with Crippen molar-refractivity contribution in [2.24, 2.45) is 7.05 Å². The highest BCUT2D eigenvalue weighted by atomic mass is 16.5. The van der Waals surface area contributed by atoms with Gasteiger partial charge in [0.05, 0.1) is 6.61 Å². The summed E-state index contributed by atoms with van der Waals surface area (Å²) in [5.41, 5.74) is 3.73. The van der Waals surface area contributed by atoms with Crippen LogP contribution in [-0.2, 0) is 20.0 Å². The first-order valence-electron chi connectivity index (χ1n) is 7.65. The summed E-state index contributed by atoms with van der Waals surface area (Å²) in [6.07, 6.45) is 5.32. The van der Waals surface area contributed by atoms with Gasteiger partial charge < -0.3 is 10.1 Å². The number of hydrogen-bond acceptors (Lipinski definition) is 3. The number of ether oxygens (including phenoxy) is 1. The van der Waals surface area contributed by atoms with E-state index in [-0.39, 0.29) is 0 Å². The highest BCUT2D eigenvalue weighted by Gasteiger charge is 2.20. The molecule has 1 fully saturated rings. The zero-order valence-corrected chi connectivity index (χ0v) is 12.8. The van der Waals surface area contributed by atoms with Crippen LogP contribution in [-0.4, -0.2) is 22.4 Å². The molecule has 1 saturated carbocycles. The van der Waals surface area contributed by atoms with E-state index in [1.807, 2.05) is 24.0 Å². The van der Waals surface area contributed by atoms with Crippen molar-refractivity contribution in [3.05, 3.63) is 47.3 Å². The lowest BCUT2D eigenvalue weighted by molar-refractivity contribution is 0.314. The number of rotatable bonds is 7. The number of hydrogen-bond donors (Lipinski definition) is 1. The van der Waals surface area contributed by atoms with Gasteiger partial charge >= 0.3 is 0 Å². The highest BCUT2D eigenvalue weighted by molar-refractivity contribution is 5.37. The fourth-order valence-corrected chi connectivity index (χ4v) is 2.44. The average molecular weight is 285 g/mol. The molecule has 1 N–H and O–H groups in total. The molecule has 0 atom stereocenters. The third-order valence-corrected chi connectivity index (χ3v) is 3.91. The molecule has 4 nitrogen and oxygen atoms in total. The van der Waals surface area contributed by atoms with E-state index in [4.69, 9.17) is 4.74 Å². The Morgan fingerprint density at radius 2 is 2.19 bits per heavy atom. The highest BCUT2D eigenvalue weighted by Crippen LogP contribution is 2.23. The molecule has 112 valence electrons. The molecule has 0 bridgehead atoms. The molecule has 4 heteroatoms. The van der Waals surface area contributed by atoms with Crippen LogP contribution in [0.25, 0.3) is 0 Å². The van der Waals surface area contributed by atoms with Crippen molar-refractivity contribution in [2.45, 2.75) is 38.8 Å². The van der Waals surface area contributed by atoms with Crippen LogP contribution in [0.3, 0.4) is 0 Å². The second kappa shape index (κ2) is 6.31. The Balaban J connectivity index is 1.59. The van der Waals surface area contributed by atoms with Crippen LogP contribution in [0.4, 0.5) is 0 Å². The van der Waals surface area contributed by atoms with Crippen LogP contribution in [0, 0.1) is 6.92 Å². The van der Waals surface area contributed by atoms with E-state index < -0.39 is 0 Å². The summed E-state index contributed by atoms with van der Waals surface area (Å²) < 4.78 is 7.89. The first-order valence-corrected chi connectivity index (χ1v) is 7.65. The van der Waals surface area contributed by atoms with Gasteiger partial charge in [0.1, 0.15) is 5.75 Å². The van der Waals surface area contributed by atoms with Gasteiger partial charge in [-0.25, -0.2) is 0 Å². The molecular formula is C17H23N3O. The monoisotopic (exact) mass is 285 g/mol. The second-order valence-corrected chi connectivity index (χ2v) is 5.81. The van der Waals surface area contributed by atoms with E-state index >= 15 is 0 Å². The zero-order chi connectivity index (χ0) is 14.7. The standard InChI is InChI=1S/C17H23N3O/c1-13-3-6-17(14(11-13)12-18-15-4-5-15)21-10-8-16-7-9-19-20(16)2/h3,6-7,9,11,15,18H,4-5,8,10,12H2,1-2H3. The fraction of sp³-hybridized carbons (Fsp3) is 0.471. The van der Waals surface area contributed by atoms with Gasteiger partial charge in [0, 0.05) is 43.5 Å². The van der Waals surface area contributed by atoms with Crippen molar-refractivity contribution >= 4 is 0 Å². The molecule has 0 unspecified atom stereocenters. The minimum Gasteiger partial charge on any atom is -0.493 e. The van der Waals surface area contributed by atoms with Crippen LogP contribution in [0.15, 0.2) is 30.5 Å². The van der Waals surface area contributed by atoms with Gasteiger partial charge in [0.25, 0.3) is 0 Å². The molecule has 1 aliphatic rings. The third-order valence-electron chi connectivity index (χ3n) is 3.91. The number of nitrogens with zero attached hydrogens (tertiary/aromatic N) is 2. The number of nitrogens with one attached hydrogen (secondary N) is 1. The molecule has 1 aliphatic carbocycles. The van der Waals surface area contributed by atoms with E-state index in [0.29, 0.717) is 12.6 Å². The summed E-state index contributed by atoms with van der Waals surface area (Å²) in [5, 5.41) is 7.74. The molecule has 0 amide bonds. The summed E-state index contributed by atoms with van der Waals surface area (Å²) in [5.74, 6) is 0.996. The predicted molar refractivity (Wildman–Crippen MR) is 83.4 cm³/mol. The summed E-state index contributed by atoms with van der Waals surface area (Å²) in [6.45, 7) is 3.70. The van der Waals surface area contributed by atoms with Gasteiger partial charge in [-0.15, -0.1) is 0 Å². The molecule has 21 heavy (non-hydrogen) atoms. The molecule has 1 aromatic carbocycles. The largest absolute Gasteiger partial charge is 0.493 e. The lowest BCUT2D eigenvalue weighted by Crippen LogP contribution is -2.16. The van der Waals surface area contributed by atoms with Gasteiger partial charge in [0.15, 0.2) is 0 Å². The maximum atomic E-state index is 5.99. The Labute approximate surface area is 126 Å². The number of aryl methyl sites for hydroxylation is 2. The molecule has 0 saturated heterocycles. The quantitative estimate of drug-likeness (QED) is 0.850. The molecule has 1 aromatic heterocycles. The summed E-state index contributed by atoms with van der Waals surface area (Å²) in [7, 11) is 1.96. The normalized spacial score (nSPS) is 14.4. The molecule has 0 spiro atoms. The first kappa shape index (κ1) is 14.1. The van der Waals surface area contributed by atoms with Crippen molar-refractivity contribution in [1.29, 1.82) is 0 Å². The van der Waals surface area contributed by atoms with Gasteiger partial charge in [-0.3, -0.25) is 4.68 Å². The zero-order valence-electron chi connectivity index (χ0n) is 12.8. The molecule has 1 heterocycles. The van der Waals surface area contributed by atoms with Gasteiger partial charge in [-0.05, 0) is 31.9 Å². The predicted octanol–water partition coefficient (Wildman–Crippen LogP) is 2.60. The van der Waals surface area contributed by atoms with Crippen molar-refractivity contribution in [3.63, 3.8) is 0 Å². The molecular weight excluding hydrogens is 262 g/mol. The van der Waals surface area contributed by atoms with E-state index in [1.54, 1.807) is 0 Å². The fourth-order valence-electron chi connectivity index (χ4n) is 2.44. The molecule has 0 aliphatic heterocycles. The minimum absolute atomic E-state index is 0.680. The molecule has 2 aromatic rings. The Bertz CT molecular complexity index is 602. The van der Waals surface area contributed by atoms with Crippen molar-refractivity contribution < 1.29 is 4.74 Å². The summed E-state index contributed by atoms with van der Waals surface area (Å²) >= 11 is 0. The lowest BCUT2D eigenvalue weighted by Gasteiger charge is -2.13. The lowest BCUT2D eigenvalue weighted by atomic mass is 10.1. The summed E-state index contributed by atoms with van der Waals surface area (Å²) in [4.78, 5) is 0. The summed E-state index contributed by atoms with van der Waals surface area (Å²) in [6, 6.07) is 9.17. The van der Waals surface area contributed by atoms with Crippen LogP contribution < -0.4 is 10.1 Å². The maximum Gasteiger partial charge on any atom is 0.123 e. The van der Waals surface area contributed by atoms with Crippen molar-refractivity contribution in [3.8, 4) is 5.75 Å². The average Bonchev–Trinajstić information content (AvgIpc) is 3.21. The third kappa shape index (κ3) is 3.85. The van der Waals surface area contributed by atoms with Crippen molar-refractivity contribution in [1.82, 2.24) is 15.1 Å². The Kier molecular flexibility index (Phi) is 4.25. The number of benzene rings is 1. The van der Waals surface area contributed by atoms with Gasteiger partial charge in [-0.2, -0.15) is 5.10 Å². The van der Waals surface area contributed by atoms with Crippen LogP contribution in [0.1, 0.15) is 29.7 Å². The SMILES string of the molecule is Cc1ccc(OCCc2ccnn2C)c(CNC2CC2)c1. The Morgan fingerprint density at radius 3 is 2.90 bits per heavy atom. The number of aromatic nitrogens is 2. The van der Waals surface area contributed by atoms with Crippen molar-refractivity contribution in [2.75, 3.05) is 6.61 Å². The van der Waals surface area contributed by atoms with Gasteiger partial charge in [0.2, 0.25) is 0 Å². The Morgan fingerprint density at radius 1 is 1.33 bits per heavy atom. The molecule has 3 rings (SSSR count). The van der Waals surface area contributed by atoms with E-state index in [1.165, 1.54) is 29.7 Å². The van der Waals surface area contributed by atoms with Crippen LogP contribution in [0.2, 0.25) is 0 Å². The van der Waals surface area contributed by atoms with Crippen LogP contribution in [0.5, 0.6) is 5.75 Å².